The van der Waals surface area contributed by atoms with E-state index < -0.39 is 18.7 Å². The van der Waals surface area contributed by atoms with Crippen LogP contribution >= 0.6 is 0 Å². The van der Waals surface area contributed by atoms with Crippen molar-refractivity contribution in [3.8, 4) is 0 Å². The lowest BCUT2D eigenvalue weighted by Crippen LogP contribution is -2.40. The third-order valence-electron chi connectivity index (χ3n) is 1.72. The first-order valence-corrected chi connectivity index (χ1v) is 3.49. The number of ether oxygens (including phenoxy) is 1. The Morgan fingerprint density at radius 2 is 2.27 bits per heavy atom. The highest BCUT2D eigenvalue weighted by molar-refractivity contribution is 5.93. The molecule has 0 saturated carbocycles. The molecule has 2 unspecified atom stereocenters. The summed E-state index contributed by atoms with van der Waals surface area (Å²) in [4.78, 5) is 21.8. The second kappa shape index (κ2) is 3.00. The van der Waals surface area contributed by atoms with Crippen LogP contribution in [-0.4, -0.2) is 29.6 Å². The molecule has 0 amide bonds. The molecule has 0 aliphatic carbocycles. The van der Waals surface area contributed by atoms with Gasteiger partial charge in [0, 0.05) is 5.92 Å². The van der Waals surface area contributed by atoms with Crippen molar-refractivity contribution in [2.45, 2.75) is 19.4 Å². The van der Waals surface area contributed by atoms with E-state index in [-0.39, 0.29) is 18.1 Å². The SMILES string of the molecule is CC1CC(=O)OC(CO)C1=O. The van der Waals surface area contributed by atoms with E-state index in [1.165, 1.54) is 0 Å². The van der Waals surface area contributed by atoms with Gasteiger partial charge in [-0.3, -0.25) is 9.59 Å². The summed E-state index contributed by atoms with van der Waals surface area (Å²) in [5.41, 5.74) is 0. The summed E-state index contributed by atoms with van der Waals surface area (Å²) in [5, 5.41) is 8.60. The first-order chi connectivity index (χ1) is 5.15. The van der Waals surface area contributed by atoms with Gasteiger partial charge in [-0.1, -0.05) is 6.92 Å². The summed E-state index contributed by atoms with van der Waals surface area (Å²) in [5.74, 6) is -0.906. The van der Waals surface area contributed by atoms with Crippen molar-refractivity contribution in [2.75, 3.05) is 6.61 Å². The van der Waals surface area contributed by atoms with E-state index in [0.717, 1.165) is 0 Å². The summed E-state index contributed by atoms with van der Waals surface area (Å²) < 4.78 is 4.58. The molecule has 0 aromatic heterocycles. The highest BCUT2D eigenvalue weighted by atomic mass is 16.6. The maximum atomic E-state index is 11.1. The van der Waals surface area contributed by atoms with Crippen molar-refractivity contribution in [3.63, 3.8) is 0 Å². The molecule has 1 aliphatic heterocycles. The molecule has 0 spiro atoms. The fourth-order valence-corrected chi connectivity index (χ4v) is 1.06. The van der Waals surface area contributed by atoms with Gasteiger partial charge in [-0.15, -0.1) is 0 Å². The Balaban J connectivity index is 2.66. The monoisotopic (exact) mass is 158 g/mol. The smallest absolute Gasteiger partial charge is 0.307 e. The molecule has 4 heteroatoms. The fourth-order valence-electron chi connectivity index (χ4n) is 1.06. The summed E-state index contributed by atoms with van der Waals surface area (Å²) in [6.45, 7) is 1.25. The highest BCUT2D eigenvalue weighted by Gasteiger charge is 2.33. The molecule has 1 aliphatic rings. The molecule has 0 bridgehead atoms. The Labute approximate surface area is 64.2 Å². The van der Waals surface area contributed by atoms with Crippen molar-refractivity contribution >= 4 is 11.8 Å². The molecule has 0 aromatic rings. The van der Waals surface area contributed by atoms with Gasteiger partial charge < -0.3 is 9.84 Å². The van der Waals surface area contributed by atoms with Gasteiger partial charge in [0.25, 0.3) is 0 Å². The lowest BCUT2D eigenvalue weighted by molar-refractivity contribution is -0.166. The van der Waals surface area contributed by atoms with Gasteiger partial charge >= 0.3 is 5.97 Å². The number of aliphatic hydroxyl groups excluding tert-OH is 1. The number of carbonyl (C=O) groups excluding carboxylic acids is 2. The molecular weight excluding hydrogens is 148 g/mol. The number of hydrogen-bond acceptors (Lipinski definition) is 4. The molecule has 0 radical (unpaired) electrons. The minimum absolute atomic E-state index is 0.134. The van der Waals surface area contributed by atoms with Crippen molar-refractivity contribution in [2.24, 2.45) is 5.92 Å². The van der Waals surface area contributed by atoms with Gasteiger partial charge in [0.05, 0.1) is 13.0 Å². The van der Waals surface area contributed by atoms with Crippen LogP contribution in [0.15, 0.2) is 0 Å². The van der Waals surface area contributed by atoms with E-state index in [0.29, 0.717) is 0 Å². The molecular formula is C7H10O4. The molecule has 1 saturated heterocycles. The second-order valence-corrected chi connectivity index (χ2v) is 2.67. The number of ketones is 1. The van der Waals surface area contributed by atoms with E-state index >= 15 is 0 Å². The van der Waals surface area contributed by atoms with Crippen molar-refractivity contribution in [3.05, 3.63) is 0 Å². The molecule has 11 heavy (non-hydrogen) atoms. The molecule has 4 nitrogen and oxygen atoms in total. The maximum Gasteiger partial charge on any atom is 0.307 e. The van der Waals surface area contributed by atoms with Gasteiger partial charge in [-0.2, -0.15) is 0 Å². The number of hydrogen-bond donors (Lipinski definition) is 1. The summed E-state index contributed by atoms with van der Waals surface area (Å²) >= 11 is 0. The number of esters is 1. The van der Waals surface area contributed by atoms with Crippen molar-refractivity contribution in [1.82, 2.24) is 0 Å². The minimum atomic E-state index is -0.925. The first kappa shape index (κ1) is 8.20. The Morgan fingerprint density at radius 3 is 2.82 bits per heavy atom. The van der Waals surface area contributed by atoms with Crippen LogP contribution in [0.3, 0.4) is 0 Å². The van der Waals surface area contributed by atoms with Crippen LogP contribution in [0.5, 0.6) is 0 Å². The van der Waals surface area contributed by atoms with Gasteiger partial charge in [0.1, 0.15) is 0 Å². The molecule has 0 aromatic carbocycles. The van der Waals surface area contributed by atoms with E-state index in [1.54, 1.807) is 6.92 Å². The molecule has 1 fully saturated rings. The average Bonchev–Trinajstić information content (AvgIpc) is 1.96. The second-order valence-electron chi connectivity index (χ2n) is 2.67. The molecule has 2 atom stereocenters. The third-order valence-corrected chi connectivity index (χ3v) is 1.72. The average molecular weight is 158 g/mol. The summed E-state index contributed by atoms with van der Waals surface area (Å²) in [6.07, 6.45) is -0.791. The number of cyclic esters (lactones) is 1. The van der Waals surface area contributed by atoms with Gasteiger partial charge in [-0.25, -0.2) is 0 Å². The quantitative estimate of drug-likeness (QED) is 0.522. The van der Waals surface area contributed by atoms with Crippen LogP contribution in [0.4, 0.5) is 0 Å². The van der Waals surface area contributed by atoms with Gasteiger partial charge in [-0.05, 0) is 0 Å². The largest absolute Gasteiger partial charge is 0.452 e. The lowest BCUT2D eigenvalue weighted by Gasteiger charge is -2.23. The topological polar surface area (TPSA) is 63.6 Å². The molecule has 1 rings (SSSR count). The zero-order chi connectivity index (χ0) is 8.43. The predicted octanol–water partition coefficient (Wildman–Crippen LogP) is -0.501. The van der Waals surface area contributed by atoms with E-state index in [1.807, 2.05) is 0 Å². The predicted molar refractivity (Wildman–Crippen MR) is 35.8 cm³/mol. The van der Waals surface area contributed by atoms with Crippen LogP contribution in [0.1, 0.15) is 13.3 Å². The van der Waals surface area contributed by atoms with Crippen LogP contribution in [0.2, 0.25) is 0 Å². The summed E-state index contributed by atoms with van der Waals surface area (Å²) in [7, 11) is 0. The fraction of sp³-hybridized carbons (Fsp3) is 0.714. The number of Topliss-reactive ketones (excluding diaryl/α,β-unsaturated/α-hetero) is 1. The van der Waals surface area contributed by atoms with E-state index in [2.05, 4.69) is 4.74 Å². The van der Waals surface area contributed by atoms with E-state index in [9.17, 15) is 9.59 Å². The molecule has 1 heterocycles. The highest BCUT2D eigenvalue weighted by Crippen LogP contribution is 2.16. The van der Waals surface area contributed by atoms with Crippen LogP contribution < -0.4 is 0 Å². The Bertz CT molecular complexity index is 187. The van der Waals surface area contributed by atoms with Crippen molar-refractivity contribution < 1.29 is 19.4 Å². The molecule has 1 N–H and O–H groups in total. The number of rotatable bonds is 1. The zero-order valence-electron chi connectivity index (χ0n) is 6.24. The number of carbonyl (C=O) groups is 2. The Morgan fingerprint density at radius 1 is 1.64 bits per heavy atom. The van der Waals surface area contributed by atoms with Crippen LogP contribution in [-0.2, 0) is 14.3 Å². The van der Waals surface area contributed by atoms with Gasteiger partial charge in [0.15, 0.2) is 11.9 Å². The zero-order valence-corrected chi connectivity index (χ0v) is 6.24. The maximum absolute atomic E-state index is 11.1. The Hall–Kier alpha value is -0.900. The normalized spacial score (nSPS) is 31.8. The Kier molecular flexibility index (Phi) is 2.24. The van der Waals surface area contributed by atoms with Crippen molar-refractivity contribution in [1.29, 1.82) is 0 Å². The number of aliphatic hydroxyl groups is 1. The standard InChI is InChI=1S/C7H10O4/c1-4-2-6(9)11-5(3-8)7(4)10/h4-5,8H,2-3H2,1H3. The van der Waals surface area contributed by atoms with E-state index in [4.69, 9.17) is 5.11 Å². The molecule has 62 valence electrons. The third kappa shape index (κ3) is 1.57. The summed E-state index contributed by atoms with van der Waals surface area (Å²) in [6, 6.07) is 0. The van der Waals surface area contributed by atoms with Crippen LogP contribution in [0, 0.1) is 5.92 Å². The van der Waals surface area contributed by atoms with Gasteiger partial charge in [0.2, 0.25) is 0 Å². The minimum Gasteiger partial charge on any atom is -0.452 e. The van der Waals surface area contributed by atoms with Crippen LogP contribution in [0.25, 0.3) is 0 Å². The lowest BCUT2D eigenvalue weighted by atomic mass is 9.96. The first-order valence-electron chi connectivity index (χ1n) is 3.49.